The fourth-order valence-corrected chi connectivity index (χ4v) is 2.60. The molecule has 0 fully saturated rings. The Morgan fingerprint density at radius 2 is 1.89 bits per heavy atom. The van der Waals surface area contributed by atoms with Gasteiger partial charge in [0, 0.05) is 17.4 Å². The van der Waals surface area contributed by atoms with Crippen LogP contribution >= 0.6 is 11.8 Å². The van der Waals surface area contributed by atoms with Crippen molar-refractivity contribution in [2.24, 2.45) is 0 Å². The number of thioether (sulfide) groups is 1. The molecule has 0 aliphatic heterocycles. The van der Waals surface area contributed by atoms with Crippen LogP contribution in [-0.4, -0.2) is 11.4 Å². The van der Waals surface area contributed by atoms with Gasteiger partial charge in [0.05, 0.1) is 6.10 Å². The molecule has 1 atom stereocenters. The second kappa shape index (κ2) is 6.17. The predicted octanol–water partition coefficient (Wildman–Crippen LogP) is 3.96. The van der Waals surface area contributed by atoms with E-state index in [0.29, 0.717) is 5.56 Å². The van der Waals surface area contributed by atoms with Gasteiger partial charge in [-0.2, -0.15) is 0 Å². The number of benzene rings is 2. The van der Waals surface area contributed by atoms with Gasteiger partial charge < -0.3 is 5.11 Å². The van der Waals surface area contributed by atoms with Crippen LogP contribution in [0.15, 0.2) is 47.4 Å². The molecule has 1 unspecified atom stereocenters. The Hall–Kier alpha value is -1.39. The summed E-state index contributed by atoms with van der Waals surface area (Å²) in [4.78, 5) is 0.956. The van der Waals surface area contributed by atoms with E-state index in [4.69, 9.17) is 0 Å². The van der Waals surface area contributed by atoms with Gasteiger partial charge in [-0.1, -0.05) is 24.3 Å². The van der Waals surface area contributed by atoms with Crippen molar-refractivity contribution < 1.29 is 13.9 Å². The Morgan fingerprint density at radius 3 is 2.58 bits per heavy atom. The van der Waals surface area contributed by atoms with Gasteiger partial charge in [0.2, 0.25) is 0 Å². The minimum atomic E-state index is -0.802. The summed E-state index contributed by atoms with van der Waals surface area (Å²) in [6, 6.07) is 10.9. The van der Waals surface area contributed by atoms with Crippen LogP contribution in [0.5, 0.6) is 0 Å². The van der Waals surface area contributed by atoms with Crippen molar-refractivity contribution in [3.63, 3.8) is 0 Å². The quantitative estimate of drug-likeness (QED) is 0.855. The summed E-state index contributed by atoms with van der Waals surface area (Å²) in [5, 5.41) is 10.2. The summed E-state index contributed by atoms with van der Waals surface area (Å²) in [6.07, 6.45) is 1.25. The molecule has 0 aromatic heterocycles. The van der Waals surface area contributed by atoms with Crippen LogP contribution in [0.4, 0.5) is 8.78 Å². The largest absolute Gasteiger partial charge is 0.388 e. The van der Waals surface area contributed by atoms with E-state index in [1.165, 1.54) is 23.9 Å². The van der Waals surface area contributed by atoms with Crippen LogP contribution in [0.3, 0.4) is 0 Å². The molecule has 100 valence electrons. The Bertz CT molecular complexity index is 572. The van der Waals surface area contributed by atoms with E-state index in [1.54, 1.807) is 0 Å². The molecule has 0 aliphatic rings. The number of halogens is 2. The van der Waals surface area contributed by atoms with Gasteiger partial charge in [-0.15, -0.1) is 11.8 Å². The van der Waals surface area contributed by atoms with Crippen molar-refractivity contribution in [3.8, 4) is 0 Å². The fraction of sp³-hybridized carbons (Fsp3) is 0.200. The highest BCUT2D eigenvalue weighted by Gasteiger charge is 2.14. The maximum absolute atomic E-state index is 13.6. The van der Waals surface area contributed by atoms with E-state index in [2.05, 4.69) is 0 Å². The zero-order chi connectivity index (χ0) is 13.8. The molecule has 19 heavy (non-hydrogen) atoms. The topological polar surface area (TPSA) is 20.2 Å². The summed E-state index contributed by atoms with van der Waals surface area (Å²) in [6.45, 7) is 0. The first-order chi connectivity index (χ1) is 9.11. The van der Waals surface area contributed by atoms with Crippen LogP contribution in [0, 0.1) is 11.6 Å². The molecule has 0 radical (unpaired) electrons. The molecule has 2 aromatic carbocycles. The zero-order valence-corrected chi connectivity index (χ0v) is 11.3. The lowest BCUT2D eigenvalue weighted by Crippen LogP contribution is -2.05. The lowest BCUT2D eigenvalue weighted by molar-refractivity contribution is 0.174. The molecule has 2 rings (SSSR count). The summed E-state index contributed by atoms with van der Waals surface area (Å²) in [7, 11) is 0. The molecule has 0 heterocycles. The average Bonchev–Trinajstić information content (AvgIpc) is 2.41. The Kier molecular flexibility index (Phi) is 4.56. The van der Waals surface area contributed by atoms with Crippen molar-refractivity contribution in [1.82, 2.24) is 0 Å². The molecule has 1 N–H and O–H groups in total. The highest BCUT2D eigenvalue weighted by atomic mass is 32.2. The Balaban J connectivity index is 2.23. The molecule has 0 aliphatic carbocycles. The van der Waals surface area contributed by atoms with Crippen molar-refractivity contribution in [2.75, 3.05) is 6.26 Å². The minimum Gasteiger partial charge on any atom is -0.388 e. The SMILES string of the molecule is CSc1ccccc1C(O)Cc1ccc(F)cc1F. The number of hydrogen-bond donors (Lipinski definition) is 1. The van der Waals surface area contributed by atoms with Crippen molar-refractivity contribution in [3.05, 3.63) is 65.2 Å². The van der Waals surface area contributed by atoms with E-state index in [1.807, 2.05) is 30.5 Å². The van der Waals surface area contributed by atoms with Gasteiger partial charge in [-0.3, -0.25) is 0 Å². The van der Waals surface area contributed by atoms with Gasteiger partial charge in [-0.05, 0) is 29.5 Å². The maximum atomic E-state index is 13.6. The number of hydrogen-bond acceptors (Lipinski definition) is 2. The van der Waals surface area contributed by atoms with Crippen molar-refractivity contribution >= 4 is 11.8 Å². The van der Waals surface area contributed by atoms with E-state index in [0.717, 1.165) is 16.5 Å². The third-order valence-electron chi connectivity index (χ3n) is 2.93. The van der Waals surface area contributed by atoms with E-state index in [9.17, 15) is 13.9 Å². The monoisotopic (exact) mass is 280 g/mol. The highest BCUT2D eigenvalue weighted by Crippen LogP contribution is 2.28. The van der Waals surface area contributed by atoms with Crippen LogP contribution < -0.4 is 0 Å². The van der Waals surface area contributed by atoms with Crippen LogP contribution in [0.1, 0.15) is 17.2 Å². The van der Waals surface area contributed by atoms with Gasteiger partial charge in [0.15, 0.2) is 0 Å². The second-order valence-corrected chi connectivity index (χ2v) is 5.05. The van der Waals surface area contributed by atoms with E-state index >= 15 is 0 Å². The van der Waals surface area contributed by atoms with Gasteiger partial charge >= 0.3 is 0 Å². The van der Waals surface area contributed by atoms with Crippen LogP contribution in [0.2, 0.25) is 0 Å². The number of aliphatic hydroxyl groups excluding tert-OH is 1. The minimum absolute atomic E-state index is 0.129. The summed E-state index contributed by atoms with van der Waals surface area (Å²) >= 11 is 1.53. The third-order valence-corrected chi connectivity index (χ3v) is 3.74. The summed E-state index contributed by atoms with van der Waals surface area (Å²) in [5.74, 6) is -1.24. The molecule has 0 spiro atoms. The molecule has 0 saturated carbocycles. The molecule has 2 aromatic rings. The number of rotatable bonds is 4. The fourth-order valence-electron chi connectivity index (χ4n) is 1.95. The predicted molar refractivity (Wildman–Crippen MR) is 73.2 cm³/mol. The van der Waals surface area contributed by atoms with E-state index in [-0.39, 0.29) is 6.42 Å². The Labute approximate surface area is 115 Å². The molecule has 0 amide bonds. The van der Waals surface area contributed by atoms with Crippen molar-refractivity contribution in [2.45, 2.75) is 17.4 Å². The number of aliphatic hydroxyl groups is 1. The Morgan fingerprint density at radius 1 is 1.16 bits per heavy atom. The summed E-state index contributed by atoms with van der Waals surface area (Å²) in [5.41, 5.74) is 1.07. The highest BCUT2D eigenvalue weighted by molar-refractivity contribution is 7.98. The first kappa shape index (κ1) is 14.0. The van der Waals surface area contributed by atoms with Gasteiger partial charge in [-0.25, -0.2) is 8.78 Å². The molecule has 1 nitrogen and oxygen atoms in total. The average molecular weight is 280 g/mol. The summed E-state index contributed by atoms with van der Waals surface area (Å²) < 4.78 is 26.4. The standard InChI is InChI=1S/C15H14F2OS/c1-19-15-5-3-2-4-12(15)14(18)8-10-6-7-11(16)9-13(10)17/h2-7,9,14,18H,8H2,1H3. The van der Waals surface area contributed by atoms with Crippen LogP contribution in [0.25, 0.3) is 0 Å². The smallest absolute Gasteiger partial charge is 0.129 e. The van der Waals surface area contributed by atoms with E-state index < -0.39 is 17.7 Å². The zero-order valence-electron chi connectivity index (χ0n) is 10.4. The normalized spacial score (nSPS) is 12.4. The molecular weight excluding hydrogens is 266 g/mol. The van der Waals surface area contributed by atoms with Gasteiger partial charge in [0.1, 0.15) is 11.6 Å². The molecule has 4 heteroatoms. The maximum Gasteiger partial charge on any atom is 0.129 e. The molecule has 0 saturated heterocycles. The van der Waals surface area contributed by atoms with Crippen molar-refractivity contribution in [1.29, 1.82) is 0 Å². The lowest BCUT2D eigenvalue weighted by Gasteiger charge is -2.15. The van der Waals surface area contributed by atoms with Gasteiger partial charge in [0.25, 0.3) is 0 Å². The molecular formula is C15H14F2OS. The first-order valence-corrected chi connectivity index (χ1v) is 7.09. The molecule has 0 bridgehead atoms. The lowest BCUT2D eigenvalue weighted by atomic mass is 10.0. The third kappa shape index (κ3) is 3.33. The first-order valence-electron chi connectivity index (χ1n) is 5.86. The van der Waals surface area contributed by atoms with Crippen LogP contribution in [-0.2, 0) is 6.42 Å². The second-order valence-electron chi connectivity index (χ2n) is 4.20.